The number of pyridine rings is 1. The van der Waals surface area contributed by atoms with E-state index in [1.54, 1.807) is 0 Å². The van der Waals surface area contributed by atoms with E-state index in [1.165, 1.54) is 7.11 Å². The highest BCUT2D eigenvalue weighted by atomic mass is 127. The molecule has 0 bridgehead atoms. The summed E-state index contributed by atoms with van der Waals surface area (Å²) in [4.78, 5) is 15.0. The van der Waals surface area contributed by atoms with Crippen molar-refractivity contribution in [1.29, 1.82) is 0 Å². The SMILES string of the molecule is COC(=O)Cc1ncc(C(F)F)c(CN)c1I. The lowest BCUT2D eigenvalue weighted by atomic mass is 10.1. The number of hydrogen-bond acceptors (Lipinski definition) is 4. The van der Waals surface area contributed by atoms with E-state index in [2.05, 4.69) is 9.72 Å². The maximum atomic E-state index is 12.7. The molecule has 0 aliphatic carbocycles. The second kappa shape index (κ2) is 6.20. The summed E-state index contributed by atoms with van der Waals surface area (Å²) in [5.41, 5.74) is 5.98. The number of methoxy groups -OCH3 is 1. The number of nitrogens with two attached hydrogens (primary N) is 1. The fraction of sp³-hybridized carbons (Fsp3) is 0.400. The van der Waals surface area contributed by atoms with Gasteiger partial charge in [-0.15, -0.1) is 0 Å². The van der Waals surface area contributed by atoms with E-state index < -0.39 is 12.4 Å². The summed E-state index contributed by atoms with van der Waals surface area (Å²) in [6.45, 7) is -0.0192. The monoisotopic (exact) mass is 356 g/mol. The molecule has 1 aromatic heterocycles. The number of nitrogens with zero attached hydrogens (tertiary/aromatic N) is 1. The van der Waals surface area contributed by atoms with Crippen LogP contribution in [0.15, 0.2) is 6.20 Å². The highest BCUT2D eigenvalue weighted by molar-refractivity contribution is 14.1. The molecule has 94 valence electrons. The van der Waals surface area contributed by atoms with Crippen molar-refractivity contribution in [2.45, 2.75) is 19.4 Å². The van der Waals surface area contributed by atoms with Gasteiger partial charge in [0.15, 0.2) is 0 Å². The molecule has 2 N–H and O–H groups in total. The van der Waals surface area contributed by atoms with Gasteiger partial charge in [-0.25, -0.2) is 8.78 Å². The Morgan fingerprint density at radius 3 is 2.76 bits per heavy atom. The fourth-order valence-corrected chi connectivity index (χ4v) is 2.17. The summed E-state index contributed by atoms with van der Waals surface area (Å²) in [5, 5.41) is 0. The predicted molar refractivity (Wildman–Crippen MR) is 65.5 cm³/mol. The Labute approximate surface area is 111 Å². The number of aromatic nitrogens is 1. The van der Waals surface area contributed by atoms with Crippen LogP contribution in [0.25, 0.3) is 0 Å². The van der Waals surface area contributed by atoms with Gasteiger partial charge in [0.1, 0.15) is 0 Å². The molecule has 1 heterocycles. The molecule has 0 spiro atoms. The first-order valence-electron chi connectivity index (χ1n) is 4.72. The summed E-state index contributed by atoms with van der Waals surface area (Å²) >= 11 is 1.87. The minimum atomic E-state index is -2.62. The summed E-state index contributed by atoms with van der Waals surface area (Å²) in [6, 6.07) is 0. The van der Waals surface area contributed by atoms with Crippen LogP contribution in [0.2, 0.25) is 0 Å². The average Bonchev–Trinajstić information content (AvgIpc) is 2.30. The zero-order valence-electron chi connectivity index (χ0n) is 9.04. The van der Waals surface area contributed by atoms with Gasteiger partial charge < -0.3 is 10.5 Å². The number of carbonyl (C=O) groups excluding carboxylic acids is 1. The lowest BCUT2D eigenvalue weighted by Crippen LogP contribution is -2.13. The molecule has 0 saturated heterocycles. The van der Waals surface area contributed by atoms with Crippen LogP contribution in [0.5, 0.6) is 0 Å². The Kier molecular flexibility index (Phi) is 5.19. The van der Waals surface area contributed by atoms with E-state index in [9.17, 15) is 13.6 Å². The van der Waals surface area contributed by atoms with Crippen LogP contribution in [0.4, 0.5) is 8.78 Å². The number of carbonyl (C=O) groups is 1. The summed E-state index contributed by atoms with van der Waals surface area (Å²) in [5.74, 6) is -0.469. The Morgan fingerprint density at radius 1 is 1.65 bits per heavy atom. The molecule has 0 unspecified atom stereocenters. The third-order valence-corrected chi connectivity index (χ3v) is 3.48. The molecular weight excluding hydrogens is 345 g/mol. The molecular formula is C10H11F2IN2O2. The Balaban J connectivity index is 3.15. The van der Waals surface area contributed by atoms with Crippen LogP contribution < -0.4 is 5.73 Å². The molecule has 0 radical (unpaired) electrons. The molecule has 0 aliphatic rings. The third kappa shape index (κ3) is 3.32. The van der Waals surface area contributed by atoms with E-state index in [-0.39, 0.29) is 18.5 Å². The van der Waals surface area contributed by atoms with Gasteiger partial charge in [0.2, 0.25) is 0 Å². The number of ether oxygens (including phenoxy) is 1. The van der Waals surface area contributed by atoms with E-state index in [0.717, 1.165) is 6.20 Å². The fourth-order valence-electron chi connectivity index (χ4n) is 1.31. The Morgan fingerprint density at radius 2 is 2.29 bits per heavy atom. The molecule has 17 heavy (non-hydrogen) atoms. The van der Waals surface area contributed by atoms with Crippen molar-refractivity contribution < 1.29 is 18.3 Å². The van der Waals surface area contributed by atoms with Crippen LogP contribution in [-0.2, 0) is 22.5 Å². The van der Waals surface area contributed by atoms with Crippen molar-refractivity contribution in [3.8, 4) is 0 Å². The van der Waals surface area contributed by atoms with E-state index in [0.29, 0.717) is 14.8 Å². The Hall–Kier alpha value is -0.830. The molecule has 0 aliphatic heterocycles. The van der Waals surface area contributed by atoms with E-state index in [4.69, 9.17) is 5.73 Å². The van der Waals surface area contributed by atoms with Crippen molar-refractivity contribution in [3.63, 3.8) is 0 Å². The van der Waals surface area contributed by atoms with Crippen LogP contribution in [-0.4, -0.2) is 18.1 Å². The second-order valence-electron chi connectivity index (χ2n) is 3.21. The maximum absolute atomic E-state index is 12.7. The molecule has 4 nitrogen and oxygen atoms in total. The van der Waals surface area contributed by atoms with Crippen molar-refractivity contribution in [3.05, 3.63) is 26.6 Å². The van der Waals surface area contributed by atoms with Crippen molar-refractivity contribution in [1.82, 2.24) is 4.98 Å². The molecule has 0 saturated carbocycles. The van der Waals surface area contributed by atoms with Crippen LogP contribution in [0.1, 0.15) is 23.2 Å². The largest absolute Gasteiger partial charge is 0.469 e. The minimum absolute atomic E-state index is 0.0192. The summed E-state index contributed by atoms with van der Waals surface area (Å²) < 4.78 is 30.3. The molecule has 0 amide bonds. The summed E-state index contributed by atoms with van der Waals surface area (Å²) in [6.07, 6.45) is -1.61. The number of halogens is 3. The van der Waals surface area contributed by atoms with E-state index >= 15 is 0 Å². The first kappa shape index (κ1) is 14.2. The zero-order valence-corrected chi connectivity index (χ0v) is 11.2. The standard InChI is InChI=1S/C10H11F2IN2O2/c1-17-8(16)2-7-9(13)5(3-14)6(4-15-7)10(11)12/h4,10H,2-3,14H2,1H3. The number of hydrogen-bond donors (Lipinski definition) is 1. The third-order valence-electron chi connectivity index (χ3n) is 2.20. The van der Waals surface area contributed by atoms with Gasteiger partial charge in [-0.3, -0.25) is 9.78 Å². The lowest BCUT2D eigenvalue weighted by molar-refractivity contribution is -0.139. The van der Waals surface area contributed by atoms with Crippen LogP contribution in [0, 0.1) is 3.57 Å². The van der Waals surface area contributed by atoms with Crippen molar-refractivity contribution in [2.24, 2.45) is 5.73 Å². The van der Waals surface area contributed by atoms with Crippen LogP contribution >= 0.6 is 22.6 Å². The van der Waals surface area contributed by atoms with Gasteiger partial charge in [0, 0.05) is 21.9 Å². The predicted octanol–water partition coefficient (Wildman–Crippen LogP) is 1.80. The first-order chi connectivity index (χ1) is 8.01. The van der Waals surface area contributed by atoms with Crippen molar-refractivity contribution in [2.75, 3.05) is 7.11 Å². The number of esters is 1. The normalized spacial score (nSPS) is 10.7. The van der Waals surface area contributed by atoms with Crippen molar-refractivity contribution >= 4 is 28.6 Å². The number of alkyl halides is 2. The van der Waals surface area contributed by atoms with Gasteiger partial charge in [0.25, 0.3) is 6.43 Å². The van der Waals surface area contributed by atoms with E-state index in [1.807, 2.05) is 22.6 Å². The van der Waals surface area contributed by atoms with Gasteiger partial charge in [-0.1, -0.05) is 0 Å². The molecule has 1 rings (SSSR count). The highest BCUT2D eigenvalue weighted by Crippen LogP contribution is 2.27. The molecule has 7 heteroatoms. The maximum Gasteiger partial charge on any atom is 0.311 e. The molecule has 0 fully saturated rings. The van der Waals surface area contributed by atoms with Gasteiger partial charge >= 0.3 is 5.97 Å². The summed E-state index contributed by atoms with van der Waals surface area (Å²) in [7, 11) is 1.26. The first-order valence-corrected chi connectivity index (χ1v) is 5.80. The molecule has 0 atom stereocenters. The van der Waals surface area contributed by atoms with Crippen LogP contribution in [0.3, 0.4) is 0 Å². The molecule has 0 aromatic carbocycles. The van der Waals surface area contributed by atoms with Gasteiger partial charge in [-0.05, 0) is 28.2 Å². The van der Waals surface area contributed by atoms with Gasteiger partial charge in [-0.2, -0.15) is 0 Å². The Bertz CT molecular complexity index is 427. The average molecular weight is 356 g/mol. The topological polar surface area (TPSA) is 65.2 Å². The highest BCUT2D eigenvalue weighted by Gasteiger charge is 2.19. The quantitative estimate of drug-likeness (QED) is 0.660. The zero-order chi connectivity index (χ0) is 13.0. The number of rotatable bonds is 4. The minimum Gasteiger partial charge on any atom is -0.469 e. The lowest BCUT2D eigenvalue weighted by Gasteiger charge is -2.12. The molecule has 1 aromatic rings. The smallest absolute Gasteiger partial charge is 0.311 e. The second-order valence-corrected chi connectivity index (χ2v) is 4.29. The van der Waals surface area contributed by atoms with Gasteiger partial charge in [0.05, 0.1) is 19.2 Å².